The molecule has 3 heteroatoms. The van der Waals surface area contributed by atoms with E-state index in [1.165, 1.54) is 11.1 Å². The van der Waals surface area contributed by atoms with Gasteiger partial charge in [-0.05, 0) is 42.5 Å². The summed E-state index contributed by atoms with van der Waals surface area (Å²) in [5.41, 5.74) is 2.54. The number of aryl methyl sites for hydroxylation is 1. The summed E-state index contributed by atoms with van der Waals surface area (Å²) in [5, 5.41) is 0.779. The number of hydrogen-bond donors (Lipinski definition) is 0. The van der Waals surface area contributed by atoms with Gasteiger partial charge < -0.3 is 0 Å². The van der Waals surface area contributed by atoms with Gasteiger partial charge in [-0.15, -0.1) is 0 Å². The molecule has 1 aliphatic rings. The Kier molecular flexibility index (Phi) is 2.67. The zero-order chi connectivity index (χ0) is 9.97. The van der Waals surface area contributed by atoms with Crippen LogP contribution < -0.4 is 0 Å². The van der Waals surface area contributed by atoms with Crippen molar-refractivity contribution in [1.29, 1.82) is 0 Å². The minimum absolute atomic E-state index is 0.112. The first-order valence-electron chi connectivity index (χ1n) is 4.64. The van der Waals surface area contributed by atoms with E-state index in [0.717, 1.165) is 24.3 Å². The number of benzene rings is 1. The van der Waals surface area contributed by atoms with Crippen LogP contribution in [0, 0.1) is 0 Å². The van der Waals surface area contributed by atoms with Crippen molar-refractivity contribution in [2.24, 2.45) is 4.99 Å². The van der Waals surface area contributed by atoms with Gasteiger partial charge in [-0.2, -0.15) is 0 Å². The fourth-order valence-corrected chi connectivity index (χ4v) is 2.08. The summed E-state index contributed by atoms with van der Waals surface area (Å²) in [5.74, 6) is 0. The zero-order valence-corrected chi connectivity index (χ0v) is 8.42. The highest BCUT2D eigenvalue weighted by Gasteiger charge is 2.17. The quantitative estimate of drug-likeness (QED) is 0.514. The van der Waals surface area contributed by atoms with Gasteiger partial charge in [0.1, 0.15) is 0 Å². The highest BCUT2D eigenvalue weighted by atomic mass is 35.5. The third-order valence-corrected chi connectivity index (χ3v) is 2.84. The Labute approximate surface area is 87.6 Å². The number of rotatable bonds is 1. The zero-order valence-electron chi connectivity index (χ0n) is 7.66. The van der Waals surface area contributed by atoms with Crippen LogP contribution in [0.1, 0.15) is 17.5 Å². The van der Waals surface area contributed by atoms with Gasteiger partial charge in [0.05, 0.1) is 6.04 Å². The first-order chi connectivity index (χ1) is 6.79. The molecule has 0 heterocycles. The summed E-state index contributed by atoms with van der Waals surface area (Å²) in [6.07, 6.45) is 4.33. The molecule has 0 saturated carbocycles. The van der Waals surface area contributed by atoms with E-state index in [2.05, 4.69) is 4.99 Å². The third kappa shape index (κ3) is 1.87. The van der Waals surface area contributed by atoms with E-state index in [9.17, 15) is 4.79 Å². The SMILES string of the molecule is O=C=NC1CCc2cc(Cl)ccc2C1. The molecule has 2 nitrogen and oxygen atoms in total. The van der Waals surface area contributed by atoms with Gasteiger partial charge in [0.2, 0.25) is 6.08 Å². The Hall–Kier alpha value is -1.11. The van der Waals surface area contributed by atoms with Crippen molar-refractivity contribution < 1.29 is 4.79 Å². The van der Waals surface area contributed by atoms with Crippen molar-refractivity contribution >= 4 is 17.7 Å². The van der Waals surface area contributed by atoms with Crippen molar-refractivity contribution in [3.63, 3.8) is 0 Å². The summed E-state index contributed by atoms with van der Waals surface area (Å²) in [6, 6.07) is 6.01. The Morgan fingerprint density at radius 2 is 2.29 bits per heavy atom. The maximum Gasteiger partial charge on any atom is 0.235 e. The van der Waals surface area contributed by atoms with Crippen molar-refractivity contribution in [1.82, 2.24) is 0 Å². The molecule has 0 aromatic heterocycles. The predicted octanol–water partition coefficient (Wildman–Crippen LogP) is 2.53. The highest BCUT2D eigenvalue weighted by molar-refractivity contribution is 6.30. The standard InChI is InChI=1S/C11H10ClNO/c12-10-3-1-9-6-11(13-7-14)4-2-8(9)5-10/h1,3,5,11H,2,4,6H2. The molecule has 1 atom stereocenters. The maximum atomic E-state index is 10.1. The molecule has 0 amide bonds. The number of hydrogen-bond acceptors (Lipinski definition) is 2. The van der Waals surface area contributed by atoms with E-state index in [4.69, 9.17) is 11.6 Å². The van der Waals surface area contributed by atoms with Crippen LogP contribution in [-0.2, 0) is 17.6 Å². The first kappa shape index (κ1) is 9.45. The lowest BCUT2D eigenvalue weighted by Gasteiger charge is -2.20. The monoisotopic (exact) mass is 207 g/mol. The Morgan fingerprint density at radius 1 is 1.43 bits per heavy atom. The van der Waals surface area contributed by atoms with E-state index >= 15 is 0 Å². The molecular weight excluding hydrogens is 198 g/mol. The van der Waals surface area contributed by atoms with Gasteiger partial charge >= 0.3 is 0 Å². The molecule has 14 heavy (non-hydrogen) atoms. The van der Waals surface area contributed by atoms with Crippen LogP contribution in [0.4, 0.5) is 0 Å². The number of isocyanates is 1. The molecule has 0 radical (unpaired) electrons. The second-order valence-corrected chi connectivity index (χ2v) is 3.97. The van der Waals surface area contributed by atoms with Crippen LogP contribution in [0.5, 0.6) is 0 Å². The van der Waals surface area contributed by atoms with E-state index in [0.29, 0.717) is 0 Å². The number of halogens is 1. The van der Waals surface area contributed by atoms with E-state index in [-0.39, 0.29) is 6.04 Å². The molecule has 72 valence electrons. The van der Waals surface area contributed by atoms with Crippen molar-refractivity contribution in [2.45, 2.75) is 25.3 Å². The molecule has 0 saturated heterocycles. The number of fused-ring (bicyclic) bond motifs is 1. The Morgan fingerprint density at radius 3 is 3.07 bits per heavy atom. The normalized spacial score (nSPS) is 19.6. The topological polar surface area (TPSA) is 29.4 Å². The van der Waals surface area contributed by atoms with E-state index < -0.39 is 0 Å². The van der Waals surface area contributed by atoms with E-state index in [1.54, 1.807) is 6.08 Å². The molecule has 1 aromatic carbocycles. The van der Waals surface area contributed by atoms with Gasteiger partial charge in [0.15, 0.2) is 0 Å². The average molecular weight is 208 g/mol. The second-order valence-electron chi connectivity index (χ2n) is 3.53. The molecule has 1 unspecified atom stereocenters. The molecule has 0 aliphatic heterocycles. The lowest BCUT2D eigenvalue weighted by atomic mass is 9.89. The first-order valence-corrected chi connectivity index (χ1v) is 5.01. The molecule has 1 aromatic rings. The van der Waals surface area contributed by atoms with Gasteiger partial charge in [0, 0.05) is 5.02 Å². The van der Waals surface area contributed by atoms with Gasteiger partial charge in [-0.25, -0.2) is 9.79 Å². The van der Waals surface area contributed by atoms with Crippen LogP contribution in [0.15, 0.2) is 23.2 Å². The third-order valence-electron chi connectivity index (χ3n) is 2.61. The summed E-state index contributed by atoms with van der Waals surface area (Å²) >= 11 is 5.89. The Balaban J connectivity index is 2.27. The second kappa shape index (κ2) is 3.95. The smallest absolute Gasteiger partial charge is 0.211 e. The van der Waals surface area contributed by atoms with Crippen LogP contribution in [0.3, 0.4) is 0 Å². The molecule has 1 aliphatic carbocycles. The van der Waals surface area contributed by atoms with Crippen molar-refractivity contribution in [3.05, 3.63) is 34.3 Å². The average Bonchev–Trinajstić information content (AvgIpc) is 2.19. The minimum atomic E-state index is 0.112. The molecule has 2 rings (SSSR count). The van der Waals surface area contributed by atoms with Gasteiger partial charge in [-0.1, -0.05) is 17.7 Å². The fraction of sp³-hybridized carbons (Fsp3) is 0.364. The molecule has 0 spiro atoms. The largest absolute Gasteiger partial charge is 0.235 e. The number of nitrogens with zero attached hydrogens (tertiary/aromatic N) is 1. The van der Waals surface area contributed by atoms with Crippen LogP contribution >= 0.6 is 11.6 Å². The van der Waals surface area contributed by atoms with Crippen LogP contribution in [-0.4, -0.2) is 12.1 Å². The number of aliphatic imine (C=N–C) groups is 1. The minimum Gasteiger partial charge on any atom is -0.211 e. The van der Waals surface area contributed by atoms with Crippen LogP contribution in [0.2, 0.25) is 5.02 Å². The summed E-state index contributed by atoms with van der Waals surface area (Å²) in [4.78, 5) is 13.9. The van der Waals surface area contributed by atoms with Gasteiger partial charge in [-0.3, -0.25) is 0 Å². The molecule has 0 N–H and O–H groups in total. The summed E-state index contributed by atoms with van der Waals surface area (Å²) < 4.78 is 0. The lowest BCUT2D eigenvalue weighted by molar-refractivity contribution is 0.539. The molecular formula is C11H10ClNO. The highest BCUT2D eigenvalue weighted by Crippen LogP contribution is 2.25. The van der Waals surface area contributed by atoms with Crippen LogP contribution in [0.25, 0.3) is 0 Å². The van der Waals surface area contributed by atoms with Crippen molar-refractivity contribution in [3.8, 4) is 0 Å². The molecule has 0 bridgehead atoms. The fourth-order valence-electron chi connectivity index (χ4n) is 1.89. The predicted molar refractivity (Wildman–Crippen MR) is 55.4 cm³/mol. The van der Waals surface area contributed by atoms with Crippen molar-refractivity contribution in [2.75, 3.05) is 0 Å². The Bertz CT molecular complexity index is 396. The number of carbonyl (C=O) groups excluding carboxylic acids is 1. The summed E-state index contributed by atoms with van der Waals surface area (Å²) in [7, 11) is 0. The maximum absolute atomic E-state index is 10.1. The van der Waals surface area contributed by atoms with Gasteiger partial charge in [0.25, 0.3) is 0 Å². The lowest BCUT2D eigenvalue weighted by Crippen LogP contribution is -2.17. The molecule has 0 fully saturated rings. The van der Waals surface area contributed by atoms with E-state index in [1.807, 2.05) is 18.2 Å². The summed E-state index contributed by atoms with van der Waals surface area (Å²) in [6.45, 7) is 0.